The highest BCUT2D eigenvalue weighted by Crippen LogP contribution is 2.33. The molecule has 0 atom stereocenters. The fourth-order valence-electron chi connectivity index (χ4n) is 3.67. The van der Waals surface area contributed by atoms with Gasteiger partial charge in [0.25, 0.3) is 11.5 Å². The van der Waals surface area contributed by atoms with Crippen LogP contribution in [-0.2, 0) is 12.7 Å². The number of aromatic hydroxyl groups is 1. The quantitative estimate of drug-likeness (QED) is 0.404. The molecule has 5 rings (SSSR count). The lowest BCUT2D eigenvalue weighted by Crippen LogP contribution is -2.41. The van der Waals surface area contributed by atoms with Crippen molar-refractivity contribution in [1.82, 2.24) is 9.38 Å². The summed E-state index contributed by atoms with van der Waals surface area (Å²) in [6, 6.07) is 17.0. The third-order valence-electron chi connectivity index (χ3n) is 5.14. The number of thiazole rings is 1. The molecular weight excluding hydrogens is 439 g/mol. The molecule has 5 aromatic rings. The number of benzene rings is 2. The lowest BCUT2D eigenvalue weighted by atomic mass is 10.0. The minimum absolute atomic E-state index is 0.0152. The Labute approximate surface area is 183 Å². The summed E-state index contributed by atoms with van der Waals surface area (Å²) in [5.74, 6) is -0.417. The highest BCUT2D eigenvalue weighted by Gasteiger charge is 2.32. The molecule has 0 amide bonds. The van der Waals surface area contributed by atoms with Crippen LogP contribution in [0.2, 0.25) is 0 Å². The van der Waals surface area contributed by atoms with Gasteiger partial charge in [0, 0.05) is 6.07 Å². The Morgan fingerprint density at radius 1 is 1.03 bits per heavy atom. The Hall–Kier alpha value is -3.72. The SMILES string of the molecule is O=c1c(-c2cccc(C(F)(F)F)c2)c(O)[n+](Cc2nc3ccccc3s2)c2ccccn12. The van der Waals surface area contributed by atoms with Crippen molar-refractivity contribution in [3.05, 3.63) is 93.9 Å². The largest absolute Gasteiger partial charge is 0.477 e. The van der Waals surface area contributed by atoms with Crippen LogP contribution in [0.5, 0.6) is 5.88 Å². The molecule has 5 nitrogen and oxygen atoms in total. The number of rotatable bonds is 3. The summed E-state index contributed by atoms with van der Waals surface area (Å²) in [5, 5.41) is 11.8. The summed E-state index contributed by atoms with van der Waals surface area (Å²) >= 11 is 1.44. The summed E-state index contributed by atoms with van der Waals surface area (Å²) in [6.45, 7) is 0.144. The van der Waals surface area contributed by atoms with Gasteiger partial charge in [0.05, 0.1) is 22.0 Å². The second-order valence-electron chi connectivity index (χ2n) is 7.17. The summed E-state index contributed by atoms with van der Waals surface area (Å²) < 4.78 is 43.5. The fourth-order valence-corrected chi connectivity index (χ4v) is 4.62. The van der Waals surface area contributed by atoms with E-state index in [2.05, 4.69) is 4.98 Å². The number of para-hydroxylation sites is 1. The smallest absolute Gasteiger partial charge is 0.416 e. The first-order valence-electron chi connectivity index (χ1n) is 9.61. The van der Waals surface area contributed by atoms with Gasteiger partial charge < -0.3 is 5.11 Å². The van der Waals surface area contributed by atoms with Crippen molar-refractivity contribution in [3.63, 3.8) is 0 Å². The molecule has 1 N–H and O–H groups in total. The minimum Gasteiger partial charge on any atom is -0.477 e. The molecule has 0 fully saturated rings. The van der Waals surface area contributed by atoms with Crippen LogP contribution in [0.1, 0.15) is 10.6 Å². The zero-order chi connectivity index (χ0) is 22.5. The molecule has 0 bridgehead atoms. The van der Waals surface area contributed by atoms with Crippen molar-refractivity contribution in [3.8, 4) is 17.0 Å². The number of pyridine rings is 1. The molecule has 3 aromatic heterocycles. The van der Waals surface area contributed by atoms with Crippen LogP contribution >= 0.6 is 11.3 Å². The molecule has 0 saturated heterocycles. The second-order valence-corrected chi connectivity index (χ2v) is 8.29. The predicted octanol–water partition coefficient (Wildman–Crippen LogP) is 4.64. The first-order valence-corrected chi connectivity index (χ1v) is 10.4. The molecule has 3 heterocycles. The summed E-state index contributed by atoms with van der Waals surface area (Å²) in [6.07, 6.45) is -3.06. The molecule has 0 spiro atoms. The average Bonchev–Trinajstić information content (AvgIpc) is 3.19. The minimum atomic E-state index is -4.57. The molecule has 2 aromatic carbocycles. The van der Waals surface area contributed by atoms with Crippen molar-refractivity contribution in [2.75, 3.05) is 0 Å². The Kier molecular flexibility index (Phi) is 4.70. The van der Waals surface area contributed by atoms with Crippen LogP contribution in [0, 0.1) is 0 Å². The normalized spacial score (nSPS) is 12.0. The van der Waals surface area contributed by atoms with Crippen LogP contribution in [-0.4, -0.2) is 14.5 Å². The van der Waals surface area contributed by atoms with Crippen LogP contribution in [0.3, 0.4) is 0 Å². The van der Waals surface area contributed by atoms with E-state index in [1.807, 2.05) is 24.3 Å². The van der Waals surface area contributed by atoms with E-state index < -0.39 is 23.2 Å². The van der Waals surface area contributed by atoms with Crippen molar-refractivity contribution >= 4 is 27.2 Å². The van der Waals surface area contributed by atoms with Gasteiger partial charge in [0.15, 0.2) is 5.56 Å². The van der Waals surface area contributed by atoms with Gasteiger partial charge in [-0.25, -0.2) is 9.78 Å². The predicted molar refractivity (Wildman–Crippen MR) is 115 cm³/mol. The highest BCUT2D eigenvalue weighted by molar-refractivity contribution is 7.18. The number of hydrogen-bond acceptors (Lipinski definition) is 4. The van der Waals surface area contributed by atoms with Crippen molar-refractivity contribution in [1.29, 1.82) is 0 Å². The number of alkyl halides is 3. The van der Waals surface area contributed by atoms with Gasteiger partial charge in [-0.2, -0.15) is 22.1 Å². The van der Waals surface area contributed by atoms with Crippen molar-refractivity contribution in [2.24, 2.45) is 0 Å². The molecule has 32 heavy (non-hydrogen) atoms. The number of halogens is 3. The van der Waals surface area contributed by atoms with Gasteiger partial charge in [-0.3, -0.25) is 0 Å². The molecule has 0 unspecified atom stereocenters. The van der Waals surface area contributed by atoms with Crippen LogP contribution < -0.4 is 10.1 Å². The maximum Gasteiger partial charge on any atom is 0.416 e. The standard InChI is InChI=1S/C23H14F3N3O2S/c24-23(25,26)15-7-5-6-14(12-15)20-21(30)28-11-4-3-10-19(28)29(22(20)31)13-18-27-16-8-1-2-9-17(16)32-18/h1-12H,13H2/p+1. The molecule has 0 saturated carbocycles. The van der Waals surface area contributed by atoms with E-state index in [1.54, 1.807) is 18.2 Å². The van der Waals surface area contributed by atoms with Crippen molar-refractivity contribution in [2.45, 2.75) is 12.7 Å². The molecular formula is C23H15F3N3O2S+. The zero-order valence-electron chi connectivity index (χ0n) is 16.4. The van der Waals surface area contributed by atoms with E-state index in [0.29, 0.717) is 10.7 Å². The molecule has 0 aliphatic carbocycles. The van der Waals surface area contributed by atoms with Gasteiger partial charge in [-0.05, 0) is 35.9 Å². The van der Waals surface area contributed by atoms with Crippen molar-refractivity contribution < 1.29 is 22.8 Å². The third kappa shape index (κ3) is 3.40. The summed E-state index contributed by atoms with van der Waals surface area (Å²) in [7, 11) is 0. The van der Waals surface area contributed by atoms with Gasteiger partial charge in [0.1, 0.15) is 11.6 Å². The molecule has 160 valence electrons. The maximum atomic E-state index is 13.2. The van der Waals surface area contributed by atoms with E-state index in [4.69, 9.17) is 0 Å². The Morgan fingerprint density at radius 2 is 1.81 bits per heavy atom. The number of nitrogens with zero attached hydrogens (tertiary/aromatic N) is 3. The lowest BCUT2D eigenvalue weighted by Gasteiger charge is -2.11. The molecule has 0 aliphatic rings. The monoisotopic (exact) mass is 454 g/mol. The van der Waals surface area contributed by atoms with Gasteiger partial charge in [-0.1, -0.05) is 30.3 Å². The third-order valence-corrected chi connectivity index (χ3v) is 6.16. The first-order chi connectivity index (χ1) is 15.3. The summed E-state index contributed by atoms with van der Waals surface area (Å²) in [5.41, 5.74) is -0.532. The molecule has 0 radical (unpaired) electrons. The molecule has 0 aliphatic heterocycles. The fraction of sp³-hybridized carbons (Fsp3) is 0.0870. The number of fused-ring (bicyclic) bond motifs is 2. The van der Waals surface area contributed by atoms with E-state index in [1.165, 1.54) is 38.6 Å². The van der Waals surface area contributed by atoms with E-state index in [0.717, 1.165) is 22.3 Å². The number of aromatic nitrogens is 3. The number of hydrogen-bond donors (Lipinski definition) is 1. The zero-order valence-corrected chi connectivity index (χ0v) is 17.2. The average molecular weight is 454 g/mol. The van der Waals surface area contributed by atoms with Gasteiger partial charge >= 0.3 is 11.7 Å². The van der Waals surface area contributed by atoms with E-state index in [-0.39, 0.29) is 17.7 Å². The van der Waals surface area contributed by atoms with Crippen LogP contribution in [0.25, 0.3) is 27.0 Å². The highest BCUT2D eigenvalue weighted by atomic mass is 32.1. The van der Waals surface area contributed by atoms with E-state index >= 15 is 0 Å². The Balaban J connectivity index is 1.74. The van der Waals surface area contributed by atoms with Crippen LogP contribution in [0.15, 0.2) is 77.7 Å². The topological polar surface area (TPSA) is 58.5 Å². The molecule has 9 heteroatoms. The second kappa shape index (κ2) is 7.45. The Morgan fingerprint density at radius 3 is 2.59 bits per heavy atom. The van der Waals surface area contributed by atoms with Gasteiger partial charge in [-0.15, -0.1) is 11.3 Å². The van der Waals surface area contributed by atoms with Crippen LogP contribution in [0.4, 0.5) is 13.2 Å². The van der Waals surface area contributed by atoms with Gasteiger partial charge in [0.2, 0.25) is 0 Å². The summed E-state index contributed by atoms with van der Waals surface area (Å²) in [4.78, 5) is 17.7. The lowest BCUT2D eigenvalue weighted by molar-refractivity contribution is -0.671. The Bertz CT molecular complexity index is 1510. The van der Waals surface area contributed by atoms with E-state index in [9.17, 15) is 23.1 Å². The first kappa shape index (κ1) is 20.2. The maximum absolute atomic E-state index is 13.2.